The van der Waals surface area contributed by atoms with Crippen LogP contribution in [-0.2, 0) is 14.2 Å². The average molecular weight is 202 g/mol. The summed E-state index contributed by atoms with van der Waals surface area (Å²) in [5.74, 6) is 0.317. The summed E-state index contributed by atoms with van der Waals surface area (Å²) in [5.41, 5.74) is 0. The van der Waals surface area contributed by atoms with Crippen LogP contribution in [0, 0.1) is 5.92 Å². The van der Waals surface area contributed by atoms with E-state index in [1.807, 2.05) is 13.8 Å². The zero-order valence-corrected chi connectivity index (χ0v) is 8.45. The molecule has 0 unspecified atom stereocenters. The number of isocyanates is 2. The van der Waals surface area contributed by atoms with E-state index in [0.717, 1.165) is 12.2 Å². The second kappa shape index (κ2) is 5.60. The molecule has 5 nitrogen and oxygen atoms in total. The lowest BCUT2D eigenvalue weighted by atomic mass is 10.2. The normalized spacial score (nSPS) is 14.1. The zero-order valence-electron chi connectivity index (χ0n) is 7.56. The summed E-state index contributed by atoms with van der Waals surface area (Å²) in [7, 11) is -3.37. The van der Waals surface area contributed by atoms with Gasteiger partial charge in [0.15, 0.2) is 0 Å². The Labute approximate surface area is 76.4 Å². The molecule has 0 aromatic heterocycles. The Morgan fingerprint density at radius 2 is 1.69 bits per heavy atom. The first kappa shape index (κ1) is 12.0. The van der Waals surface area contributed by atoms with Crippen LogP contribution in [0.4, 0.5) is 0 Å². The van der Waals surface area contributed by atoms with Gasteiger partial charge in [-0.3, -0.25) is 4.57 Å². The van der Waals surface area contributed by atoms with Crippen molar-refractivity contribution in [1.29, 1.82) is 0 Å². The first-order chi connectivity index (χ1) is 6.04. The van der Waals surface area contributed by atoms with Gasteiger partial charge in [-0.1, -0.05) is 13.8 Å². The molecule has 0 fully saturated rings. The fraction of sp³-hybridized carbons (Fsp3) is 0.714. The smallest absolute Gasteiger partial charge is 0.271 e. The highest BCUT2D eigenvalue weighted by molar-refractivity contribution is 7.61. The molecular formula is C7H11N2O3P. The monoisotopic (exact) mass is 202 g/mol. The third-order valence-corrected chi connectivity index (χ3v) is 3.02. The molecule has 13 heavy (non-hydrogen) atoms. The van der Waals surface area contributed by atoms with Crippen molar-refractivity contribution in [3.05, 3.63) is 0 Å². The highest BCUT2D eigenvalue weighted by Crippen LogP contribution is 2.48. The first-order valence-corrected chi connectivity index (χ1v) is 5.61. The van der Waals surface area contributed by atoms with Gasteiger partial charge in [0.1, 0.15) is 0 Å². The molecule has 6 heteroatoms. The van der Waals surface area contributed by atoms with E-state index in [4.69, 9.17) is 0 Å². The van der Waals surface area contributed by atoms with Gasteiger partial charge in [-0.15, -0.1) is 9.53 Å². The number of rotatable bonds is 5. The highest BCUT2D eigenvalue weighted by atomic mass is 31.2. The summed E-state index contributed by atoms with van der Waals surface area (Å²) in [4.78, 5) is 19.8. The molecule has 0 rings (SSSR count). The van der Waals surface area contributed by atoms with E-state index in [-0.39, 0.29) is 6.16 Å². The predicted octanol–water partition coefficient (Wildman–Crippen LogP) is 1.90. The maximum atomic E-state index is 11.5. The van der Waals surface area contributed by atoms with Crippen molar-refractivity contribution in [2.24, 2.45) is 15.4 Å². The Balaban J connectivity index is 4.52. The van der Waals surface area contributed by atoms with E-state index in [1.165, 1.54) is 0 Å². The van der Waals surface area contributed by atoms with E-state index in [2.05, 4.69) is 9.53 Å². The topological polar surface area (TPSA) is 75.9 Å². The molecule has 72 valence electrons. The van der Waals surface area contributed by atoms with Crippen LogP contribution in [0.25, 0.3) is 0 Å². The quantitative estimate of drug-likeness (QED) is 0.388. The van der Waals surface area contributed by atoms with Gasteiger partial charge in [0.2, 0.25) is 12.2 Å². The summed E-state index contributed by atoms with van der Waals surface area (Å²) in [6, 6.07) is 0. The first-order valence-electron chi connectivity index (χ1n) is 3.82. The highest BCUT2D eigenvalue weighted by Gasteiger charge is 2.19. The van der Waals surface area contributed by atoms with Crippen molar-refractivity contribution in [2.45, 2.75) is 20.3 Å². The average Bonchev–Trinajstić information content (AvgIpc) is 2.02. The van der Waals surface area contributed by atoms with Gasteiger partial charge in [0.25, 0.3) is 0 Å². The lowest BCUT2D eigenvalue weighted by Gasteiger charge is -2.05. The molecule has 0 aromatic carbocycles. The molecule has 0 aromatic rings. The molecule has 0 radical (unpaired) electrons. The summed E-state index contributed by atoms with van der Waals surface area (Å²) in [6.45, 7) is 3.86. The molecule has 0 saturated carbocycles. The third-order valence-electron chi connectivity index (χ3n) is 1.39. The van der Waals surface area contributed by atoms with E-state index < -0.39 is 7.44 Å². The molecule has 0 amide bonds. The van der Waals surface area contributed by atoms with Gasteiger partial charge in [-0.05, 0) is 12.3 Å². The standard InChI is InChI=1S/C7H11N2O3P/c1-7(2)3-4-13(12,8-5-10)9-6-11/h7H,3-4H2,1-2H3. The molecule has 0 heterocycles. The van der Waals surface area contributed by atoms with E-state index in [9.17, 15) is 14.2 Å². The van der Waals surface area contributed by atoms with Crippen LogP contribution in [0.5, 0.6) is 0 Å². The second-order valence-electron chi connectivity index (χ2n) is 2.95. The van der Waals surface area contributed by atoms with Crippen LogP contribution >= 0.6 is 7.44 Å². The lowest BCUT2D eigenvalue weighted by Crippen LogP contribution is -1.92. The van der Waals surface area contributed by atoms with Crippen LogP contribution < -0.4 is 0 Å². The van der Waals surface area contributed by atoms with E-state index in [0.29, 0.717) is 12.3 Å². The third kappa shape index (κ3) is 5.26. The Bertz CT molecular complexity index is 279. The van der Waals surface area contributed by atoms with Crippen molar-refractivity contribution in [3.8, 4) is 0 Å². The Kier molecular flexibility index (Phi) is 5.17. The molecule has 0 aliphatic carbocycles. The molecule has 0 aliphatic heterocycles. The SMILES string of the molecule is CC(C)CCP(=O)(N=C=O)N=C=O. The molecule has 0 saturated heterocycles. The minimum atomic E-state index is -3.37. The van der Waals surface area contributed by atoms with Gasteiger partial charge in [0.05, 0.1) is 0 Å². The van der Waals surface area contributed by atoms with Crippen LogP contribution in [0.1, 0.15) is 20.3 Å². The number of nitrogens with zero attached hydrogens (tertiary/aromatic N) is 2. The Hall–Kier alpha value is -1.01. The molecule has 0 bridgehead atoms. The predicted molar refractivity (Wildman–Crippen MR) is 48.2 cm³/mol. The van der Waals surface area contributed by atoms with Crippen molar-refractivity contribution in [2.75, 3.05) is 6.16 Å². The Morgan fingerprint density at radius 1 is 1.23 bits per heavy atom. The largest absolute Gasteiger partial charge is 0.319 e. The van der Waals surface area contributed by atoms with Crippen molar-refractivity contribution in [3.63, 3.8) is 0 Å². The molecule has 0 aliphatic rings. The molecule has 0 N–H and O–H groups in total. The lowest BCUT2D eigenvalue weighted by molar-refractivity contribution is 0.552. The van der Waals surface area contributed by atoms with Gasteiger partial charge in [0, 0.05) is 6.16 Å². The molecule has 0 atom stereocenters. The summed E-state index contributed by atoms with van der Waals surface area (Å²) >= 11 is 0. The molecular weight excluding hydrogens is 191 g/mol. The Morgan fingerprint density at radius 3 is 2.00 bits per heavy atom. The number of hydrogen-bond donors (Lipinski definition) is 0. The summed E-state index contributed by atoms with van der Waals surface area (Å²) in [5, 5.41) is 0. The zero-order chi connectivity index (χ0) is 10.3. The van der Waals surface area contributed by atoms with Crippen LogP contribution in [0.3, 0.4) is 0 Å². The van der Waals surface area contributed by atoms with E-state index in [1.54, 1.807) is 0 Å². The van der Waals surface area contributed by atoms with Gasteiger partial charge < -0.3 is 0 Å². The van der Waals surface area contributed by atoms with Crippen molar-refractivity contribution < 1.29 is 14.2 Å². The van der Waals surface area contributed by atoms with Crippen molar-refractivity contribution in [1.82, 2.24) is 0 Å². The van der Waals surface area contributed by atoms with Crippen LogP contribution in [0.15, 0.2) is 9.53 Å². The van der Waals surface area contributed by atoms with Crippen LogP contribution in [0.2, 0.25) is 0 Å². The fourth-order valence-electron chi connectivity index (χ4n) is 0.676. The minimum absolute atomic E-state index is 0.120. The van der Waals surface area contributed by atoms with Gasteiger partial charge in [-0.2, -0.15) is 0 Å². The minimum Gasteiger partial charge on any atom is -0.271 e. The molecule has 0 spiro atoms. The fourth-order valence-corrected chi connectivity index (χ4v) is 2.03. The second-order valence-corrected chi connectivity index (χ2v) is 5.13. The maximum absolute atomic E-state index is 11.5. The van der Waals surface area contributed by atoms with Crippen LogP contribution in [-0.4, -0.2) is 18.3 Å². The van der Waals surface area contributed by atoms with Gasteiger partial charge in [-0.25, -0.2) is 9.59 Å². The van der Waals surface area contributed by atoms with Gasteiger partial charge >= 0.3 is 7.44 Å². The van der Waals surface area contributed by atoms with E-state index >= 15 is 0 Å². The summed E-state index contributed by atoms with van der Waals surface area (Å²) in [6.07, 6.45) is 3.02. The number of hydrogen-bond acceptors (Lipinski definition) is 3. The summed E-state index contributed by atoms with van der Waals surface area (Å²) < 4.78 is 17.5. The van der Waals surface area contributed by atoms with Crippen molar-refractivity contribution >= 4 is 19.6 Å². The number of carbonyl (C=O) groups excluding carboxylic acids is 2. The maximum Gasteiger partial charge on any atom is 0.319 e.